The summed E-state index contributed by atoms with van der Waals surface area (Å²) in [5.74, 6) is 0. The van der Waals surface area contributed by atoms with E-state index in [4.69, 9.17) is 0 Å². The molecular formula is C14H11F3N. The minimum Gasteiger partial charge on any atom is -0.355 e. The van der Waals surface area contributed by atoms with Crippen LogP contribution in [0.3, 0.4) is 0 Å². The monoisotopic (exact) mass is 250 g/mol. The Morgan fingerprint density at radius 2 is 1.72 bits per heavy atom. The van der Waals surface area contributed by atoms with Gasteiger partial charge >= 0.3 is 6.18 Å². The number of benzene rings is 2. The van der Waals surface area contributed by atoms with Gasteiger partial charge in [-0.1, -0.05) is 30.3 Å². The van der Waals surface area contributed by atoms with Crippen LogP contribution in [0, 0.1) is 13.0 Å². The largest absolute Gasteiger partial charge is 0.419 e. The van der Waals surface area contributed by atoms with Crippen molar-refractivity contribution < 1.29 is 13.2 Å². The minimum absolute atomic E-state index is 0.0520. The molecule has 1 radical (unpaired) electrons. The first-order valence-electron chi connectivity index (χ1n) is 5.39. The third-order valence-electron chi connectivity index (χ3n) is 2.53. The molecule has 0 aromatic heterocycles. The number of halogens is 3. The summed E-state index contributed by atoms with van der Waals surface area (Å²) in [6.45, 7) is 1.63. The number of hydrogen-bond donors (Lipinski definition) is 1. The Morgan fingerprint density at radius 1 is 1.06 bits per heavy atom. The van der Waals surface area contributed by atoms with Crippen molar-refractivity contribution in [1.29, 1.82) is 0 Å². The van der Waals surface area contributed by atoms with Gasteiger partial charge in [-0.05, 0) is 30.7 Å². The molecule has 0 heterocycles. The van der Waals surface area contributed by atoms with Crippen molar-refractivity contribution in [2.75, 3.05) is 5.32 Å². The lowest BCUT2D eigenvalue weighted by Gasteiger charge is -2.16. The summed E-state index contributed by atoms with van der Waals surface area (Å²) in [5.41, 5.74) is 0.429. The normalized spacial score (nSPS) is 11.3. The predicted octanol–water partition coefficient (Wildman–Crippen LogP) is 4.56. The van der Waals surface area contributed by atoms with E-state index in [-0.39, 0.29) is 5.69 Å². The van der Waals surface area contributed by atoms with Crippen molar-refractivity contribution in [3.63, 3.8) is 0 Å². The molecule has 0 aliphatic carbocycles. The van der Waals surface area contributed by atoms with Crippen molar-refractivity contribution in [3.8, 4) is 0 Å². The maximum absolute atomic E-state index is 12.9. The van der Waals surface area contributed by atoms with E-state index >= 15 is 0 Å². The Balaban J connectivity index is 2.44. The zero-order valence-corrected chi connectivity index (χ0v) is 9.68. The Morgan fingerprint density at radius 3 is 2.33 bits per heavy atom. The average Bonchev–Trinajstić information content (AvgIpc) is 2.32. The molecule has 2 aromatic rings. The molecule has 0 atom stereocenters. The zero-order valence-electron chi connectivity index (χ0n) is 9.68. The van der Waals surface area contributed by atoms with Gasteiger partial charge in [0.1, 0.15) is 0 Å². The van der Waals surface area contributed by atoms with Crippen molar-refractivity contribution >= 4 is 11.4 Å². The van der Waals surface area contributed by atoms with Crippen LogP contribution in [0.2, 0.25) is 0 Å². The van der Waals surface area contributed by atoms with Gasteiger partial charge in [-0.2, -0.15) is 13.2 Å². The van der Waals surface area contributed by atoms with Crippen LogP contribution in [-0.4, -0.2) is 0 Å². The molecule has 93 valence electrons. The Bertz CT molecular complexity index is 532. The molecule has 0 aliphatic heterocycles. The van der Waals surface area contributed by atoms with Crippen LogP contribution in [0.4, 0.5) is 24.5 Å². The van der Waals surface area contributed by atoms with E-state index in [1.165, 1.54) is 6.07 Å². The van der Waals surface area contributed by atoms with Crippen LogP contribution in [-0.2, 0) is 6.18 Å². The second-order valence-corrected chi connectivity index (χ2v) is 3.90. The van der Waals surface area contributed by atoms with Gasteiger partial charge in [-0.25, -0.2) is 0 Å². The highest BCUT2D eigenvalue weighted by Crippen LogP contribution is 2.37. The fourth-order valence-corrected chi connectivity index (χ4v) is 1.65. The van der Waals surface area contributed by atoms with Gasteiger partial charge in [0, 0.05) is 5.69 Å². The van der Waals surface area contributed by atoms with Crippen LogP contribution in [0.25, 0.3) is 0 Å². The number of para-hydroxylation sites is 1. The van der Waals surface area contributed by atoms with Crippen LogP contribution < -0.4 is 5.32 Å². The summed E-state index contributed by atoms with van der Waals surface area (Å²) in [6.07, 6.45) is -4.41. The van der Waals surface area contributed by atoms with Crippen molar-refractivity contribution in [3.05, 3.63) is 59.7 Å². The van der Waals surface area contributed by atoms with Crippen molar-refractivity contribution in [1.82, 2.24) is 0 Å². The number of anilines is 2. The maximum atomic E-state index is 12.9. The van der Waals surface area contributed by atoms with Crippen LogP contribution >= 0.6 is 0 Å². The van der Waals surface area contributed by atoms with Gasteiger partial charge in [-0.3, -0.25) is 0 Å². The van der Waals surface area contributed by atoms with Crippen LogP contribution in [0.1, 0.15) is 11.1 Å². The lowest BCUT2D eigenvalue weighted by Crippen LogP contribution is -2.10. The van der Waals surface area contributed by atoms with Crippen molar-refractivity contribution in [2.24, 2.45) is 0 Å². The molecule has 0 bridgehead atoms. The van der Waals surface area contributed by atoms with E-state index in [0.717, 1.165) is 0 Å². The molecule has 1 nitrogen and oxygen atoms in total. The number of alkyl halides is 3. The fraction of sp³-hybridized carbons (Fsp3) is 0.143. The lowest BCUT2D eigenvalue weighted by atomic mass is 10.1. The summed E-state index contributed by atoms with van der Waals surface area (Å²) >= 11 is 0. The average molecular weight is 250 g/mol. The molecule has 0 aliphatic rings. The third-order valence-corrected chi connectivity index (χ3v) is 2.53. The zero-order chi connectivity index (χ0) is 13.2. The molecule has 2 rings (SSSR count). The van der Waals surface area contributed by atoms with Crippen LogP contribution in [0.15, 0.2) is 42.5 Å². The highest BCUT2D eigenvalue weighted by Gasteiger charge is 2.34. The second-order valence-electron chi connectivity index (χ2n) is 3.90. The van der Waals surface area contributed by atoms with Gasteiger partial charge in [0.05, 0.1) is 11.3 Å². The molecule has 0 saturated carbocycles. The van der Waals surface area contributed by atoms with E-state index in [1.54, 1.807) is 43.3 Å². The van der Waals surface area contributed by atoms with Crippen LogP contribution in [0.5, 0.6) is 0 Å². The van der Waals surface area contributed by atoms with Gasteiger partial charge in [0.25, 0.3) is 0 Å². The Hall–Kier alpha value is -1.97. The molecule has 1 N–H and O–H groups in total. The third kappa shape index (κ3) is 2.64. The summed E-state index contributed by atoms with van der Waals surface area (Å²) in [7, 11) is 0. The Kier molecular flexibility index (Phi) is 3.28. The minimum atomic E-state index is -4.41. The molecular weight excluding hydrogens is 239 g/mol. The fourth-order valence-electron chi connectivity index (χ4n) is 1.65. The quantitative estimate of drug-likeness (QED) is 0.824. The molecule has 4 heteroatoms. The summed E-state index contributed by atoms with van der Waals surface area (Å²) in [5, 5.41) is 2.80. The van der Waals surface area contributed by atoms with Gasteiger partial charge < -0.3 is 5.32 Å². The number of nitrogens with one attached hydrogen (secondary N) is 1. The van der Waals surface area contributed by atoms with Gasteiger partial charge in [0.15, 0.2) is 0 Å². The summed E-state index contributed by atoms with van der Waals surface area (Å²) in [4.78, 5) is 0. The van der Waals surface area contributed by atoms with E-state index in [2.05, 4.69) is 11.4 Å². The molecule has 0 saturated heterocycles. The number of rotatable bonds is 2. The molecule has 2 aromatic carbocycles. The van der Waals surface area contributed by atoms with Gasteiger partial charge in [0.2, 0.25) is 0 Å². The number of aryl methyl sites for hydroxylation is 1. The summed E-state index contributed by atoms with van der Waals surface area (Å²) in [6, 6.07) is 13.9. The highest BCUT2D eigenvalue weighted by molar-refractivity contribution is 5.67. The first-order chi connectivity index (χ1) is 8.48. The van der Waals surface area contributed by atoms with E-state index in [9.17, 15) is 13.2 Å². The predicted molar refractivity (Wildman–Crippen MR) is 64.7 cm³/mol. The molecule has 0 amide bonds. The first kappa shape index (κ1) is 12.5. The molecule has 18 heavy (non-hydrogen) atoms. The smallest absolute Gasteiger partial charge is 0.355 e. The standard InChI is InChI=1S/C14H11F3N/c1-10-6-5-9-12(14(15,16)17)13(10)18-11-7-3-2-4-8-11/h2-8,18H,1H3. The topological polar surface area (TPSA) is 12.0 Å². The summed E-state index contributed by atoms with van der Waals surface area (Å²) < 4.78 is 38.6. The molecule has 0 unspecified atom stereocenters. The van der Waals surface area contributed by atoms with E-state index < -0.39 is 11.7 Å². The van der Waals surface area contributed by atoms with Gasteiger partial charge in [-0.15, -0.1) is 0 Å². The highest BCUT2D eigenvalue weighted by atomic mass is 19.4. The lowest BCUT2D eigenvalue weighted by molar-refractivity contribution is -0.137. The maximum Gasteiger partial charge on any atom is 0.419 e. The molecule has 0 fully saturated rings. The second kappa shape index (κ2) is 4.72. The van der Waals surface area contributed by atoms with E-state index in [1.807, 2.05) is 0 Å². The SMILES string of the molecule is Cc1cc[c]c(C(F)(F)F)c1Nc1ccccc1. The number of hydrogen-bond acceptors (Lipinski definition) is 1. The van der Waals surface area contributed by atoms with Crippen molar-refractivity contribution in [2.45, 2.75) is 13.1 Å². The van der Waals surface area contributed by atoms with E-state index in [0.29, 0.717) is 11.3 Å². The Labute approximate surface area is 103 Å². The molecule has 0 spiro atoms. The first-order valence-corrected chi connectivity index (χ1v) is 5.39.